The summed E-state index contributed by atoms with van der Waals surface area (Å²) in [7, 11) is -9.54. The smallest absolute Gasteiger partial charge is 0.404 e. The fourth-order valence-corrected chi connectivity index (χ4v) is 6.32. The van der Waals surface area contributed by atoms with Crippen LogP contribution in [0.3, 0.4) is 0 Å². The van der Waals surface area contributed by atoms with E-state index in [9.17, 15) is 18.9 Å². The van der Waals surface area contributed by atoms with Gasteiger partial charge in [0.05, 0.1) is 6.61 Å². The van der Waals surface area contributed by atoms with Crippen molar-refractivity contribution in [2.75, 3.05) is 6.61 Å². The minimum absolute atomic E-state index is 0.0375. The Morgan fingerprint density at radius 1 is 0.676 bits per heavy atom. The number of rotatable bonds is 22. The van der Waals surface area contributed by atoms with E-state index in [4.69, 9.17) is 9.05 Å². The van der Waals surface area contributed by atoms with Crippen molar-refractivity contribution in [2.45, 2.75) is 136 Å². The number of benzene rings is 1. The fourth-order valence-electron chi connectivity index (χ4n) is 4.17. The Labute approximate surface area is 225 Å². The summed E-state index contributed by atoms with van der Waals surface area (Å²) < 4.78 is 39.2. The Bertz CT molecular complexity index is 800. The van der Waals surface area contributed by atoms with Crippen LogP contribution in [0.4, 0.5) is 0 Å². The van der Waals surface area contributed by atoms with E-state index in [1.165, 1.54) is 77.0 Å². The first-order valence-corrected chi connectivity index (χ1v) is 17.3. The van der Waals surface area contributed by atoms with Gasteiger partial charge < -0.3 is 14.3 Å². The lowest BCUT2D eigenvalue weighted by Gasteiger charge is -2.21. The predicted molar refractivity (Wildman–Crippen MR) is 152 cm³/mol. The van der Waals surface area contributed by atoms with Crippen molar-refractivity contribution in [3.05, 3.63) is 29.8 Å². The third kappa shape index (κ3) is 18.3. The highest BCUT2D eigenvalue weighted by Crippen LogP contribution is 2.60. The van der Waals surface area contributed by atoms with Crippen LogP contribution in [0.15, 0.2) is 24.3 Å². The van der Waals surface area contributed by atoms with Crippen LogP contribution in [0.25, 0.3) is 0 Å². The third-order valence-corrected chi connectivity index (χ3v) is 8.98. The number of unbranched alkanes of at least 4 members (excludes halogenated alkanes) is 15. The number of hydrogen-bond acceptors (Lipinski definition) is 5. The summed E-state index contributed by atoms with van der Waals surface area (Å²) in [5.74, 6) is 0.164. The largest absolute Gasteiger partial charge is 0.539 e. The highest BCUT2D eigenvalue weighted by molar-refractivity contribution is 7.61. The molecule has 1 aromatic rings. The lowest BCUT2D eigenvalue weighted by Crippen LogP contribution is -2.10. The molecule has 0 bridgehead atoms. The van der Waals surface area contributed by atoms with Gasteiger partial charge >= 0.3 is 15.6 Å². The van der Waals surface area contributed by atoms with Gasteiger partial charge in [-0.05, 0) is 29.5 Å². The summed E-state index contributed by atoms with van der Waals surface area (Å²) in [5.41, 5.74) is 0.966. The molecule has 1 atom stereocenters. The Balaban J connectivity index is 2.20. The first kappa shape index (κ1) is 34.3. The van der Waals surface area contributed by atoms with Gasteiger partial charge in [0, 0.05) is 0 Å². The topological polar surface area (TPSA) is 102 Å². The molecule has 0 fully saturated rings. The second kappa shape index (κ2) is 18.6. The van der Waals surface area contributed by atoms with E-state index in [-0.39, 0.29) is 17.8 Å². The van der Waals surface area contributed by atoms with E-state index in [0.717, 1.165) is 24.8 Å². The van der Waals surface area contributed by atoms with Crippen LogP contribution >= 0.6 is 15.6 Å². The zero-order chi connectivity index (χ0) is 27.6. The molecular formula is C28H52O7P2. The quantitative estimate of drug-likeness (QED) is 0.107. The number of phosphoric ester groups is 1. The maximum atomic E-state index is 12.9. The van der Waals surface area contributed by atoms with E-state index in [2.05, 4.69) is 32.0 Å². The Hall–Kier alpha value is -0.680. The van der Waals surface area contributed by atoms with E-state index in [1.807, 2.05) is 12.1 Å². The molecule has 0 saturated heterocycles. The fraction of sp³-hybridized carbons (Fsp3) is 0.786. The van der Waals surface area contributed by atoms with Crippen molar-refractivity contribution in [2.24, 2.45) is 0 Å². The number of hydrogen-bond donors (Lipinski definition) is 2. The molecule has 0 aliphatic carbocycles. The monoisotopic (exact) mass is 562 g/mol. The number of phosphoric acid groups is 2. The summed E-state index contributed by atoms with van der Waals surface area (Å²) >= 11 is 0. The average Bonchev–Trinajstić information content (AvgIpc) is 2.79. The van der Waals surface area contributed by atoms with Gasteiger partial charge in [-0.25, -0.2) is 9.13 Å². The van der Waals surface area contributed by atoms with E-state index < -0.39 is 15.6 Å². The van der Waals surface area contributed by atoms with Crippen LogP contribution in [0.5, 0.6) is 5.75 Å². The van der Waals surface area contributed by atoms with E-state index in [1.54, 1.807) is 12.1 Å². The maximum absolute atomic E-state index is 12.9. The highest BCUT2D eigenvalue weighted by Gasteiger charge is 2.37. The van der Waals surface area contributed by atoms with Crippen molar-refractivity contribution >= 4 is 15.6 Å². The lowest BCUT2D eigenvalue weighted by molar-refractivity contribution is 0.181. The SMILES string of the molecule is CCCCCCCCCCCCCCCCCCOP(=O)(Oc1ccc(C(C)(C)C)cc1)OP(=O)(O)O. The van der Waals surface area contributed by atoms with Crippen LogP contribution in [0.1, 0.15) is 136 Å². The van der Waals surface area contributed by atoms with Gasteiger partial charge in [-0.1, -0.05) is 136 Å². The molecule has 7 nitrogen and oxygen atoms in total. The Morgan fingerprint density at radius 3 is 1.46 bits per heavy atom. The van der Waals surface area contributed by atoms with Crippen molar-refractivity contribution in [3.8, 4) is 5.75 Å². The van der Waals surface area contributed by atoms with Crippen molar-refractivity contribution in [1.29, 1.82) is 0 Å². The van der Waals surface area contributed by atoms with Crippen molar-refractivity contribution < 1.29 is 32.3 Å². The molecule has 0 heterocycles. The van der Waals surface area contributed by atoms with Crippen molar-refractivity contribution in [3.63, 3.8) is 0 Å². The zero-order valence-electron chi connectivity index (χ0n) is 23.7. The maximum Gasteiger partial charge on any atom is 0.539 e. The molecule has 0 spiro atoms. The molecule has 0 amide bonds. The average molecular weight is 563 g/mol. The van der Waals surface area contributed by atoms with Gasteiger partial charge in [0.2, 0.25) is 0 Å². The summed E-state index contributed by atoms with van der Waals surface area (Å²) in [6.07, 6.45) is 19.8. The van der Waals surface area contributed by atoms with Crippen LogP contribution in [-0.2, 0) is 23.4 Å². The van der Waals surface area contributed by atoms with Gasteiger partial charge in [0.25, 0.3) is 0 Å². The molecule has 0 aliphatic heterocycles. The second-order valence-electron chi connectivity index (χ2n) is 11.0. The molecule has 1 rings (SSSR count). The standard InChI is InChI=1S/C28H52O7P2/c1-5-6-7-8-9-10-11-12-13-14-15-16-17-18-19-20-25-33-37(32,35-36(29,30)31)34-27-23-21-26(22-24-27)28(2,3)4/h21-24H,5-20,25H2,1-4H3,(H2,29,30,31). The molecule has 0 radical (unpaired) electrons. The van der Waals surface area contributed by atoms with Gasteiger partial charge in [0.1, 0.15) is 5.75 Å². The molecule has 0 aliphatic rings. The first-order valence-electron chi connectivity index (χ1n) is 14.3. The summed E-state index contributed by atoms with van der Waals surface area (Å²) in [6, 6.07) is 6.81. The summed E-state index contributed by atoms with van der Waals surface area (Å²) in [4.78, 5) is 18.4. The minimum Gasteiger partial charge on any atom is -0.404 e. The predicted octanol–water partition coefficient (Wildman–Crippen LogP) is 9.86. The van der Waals surface area contributed by atoms with Crippen molar-refractivity contribution in [1.82, 2.24) is 0 Å². The third-order valence-electron chi connectivity index (χ3n) is 6.39. The van der Waals surface area contributed by atoms with Gasteiger partial charge in [-0.3, -0.25) is 4.52 Å². The van der Waals surface area contributed by atoms with Gasteiger partial charge in [0.15, 0.2) is 0 Å². The van der Waals surface area contributed by atoms with E-state index >= 15 is 0 Å². The van der Waals surface area contributed by atoms with Crippen LogP contribution in [0.2, 0.25) is 0 Å². The first-order chi connectivity index (χ1) is 17.5. The highest BCUT2D eigenvalue weighted by atomic mass is 31.3. The minimum atomic E-state index is -5.07. The molecular weight excluding hydrogens is 510 g/mol. The molecule has 0 saturated carbocycles. The molecule has 1 unspecified atom stereocenters. The van der Waals surface area contributed by atoms with Gasteiger partial charge in [-0.2, -0.15) is 4.31 Å². The van der Waals surface area contributed by atoms with E-state index in [0.29, 0.717) is 6.42 Å². The molecule has 0 aromatic heterocycles. The van der Waals surface area contributed by atoms with Gasteiger partial charge in [-0.15, -0.1) is 0 Å². The molecule has 1 aromatic carbocycles. The van der Waals surface area contributed by atoms with Crippen LogP contribution in [-0.4, -0.2) is 16.4 Å². The molecule has 2 N–H and O–H groups in total. The Morgan fingerprint density at radius 2 is 1.08 bits per heavy atom. The van der Waals surface area contributed by atoms with Crippen LogP contribution in [0, 0.1) is 0 Å². The molecule has 216 valence electrons. The van der Waals surface area contributed by atoms with Crippen LogP contribution < -0.4 is 4.52 Å². The Kier molecular flexibility index (Phi) is 17.2. The zero-order valence-corrected chi connectivity index (χ0v) is 25.4. The summed E-state index contributed by atoms with van der Waals surface area (Å²) in [6.45, 7) is 8.48. The summed E-state index contributed by atoms with van der Waals surface area (Å²) in [5, 5.41) is 0. The normalized spacial score (nSPS) is 14.0. The second-order valence-corrected chi connectivity index (χ2v) is 14.0. The molecule has 9 heteroatoms. The molecule has 37 heavy (non-hydrogen) atoms. The lowest BCUT2D eigenvalue weighted by atomic mass is 9.87.